The van der Waals surface area contributed by atoms with Crippen LogP contribution in [-0.4, -0.2) is 0 Å². The number of hydrogen-bond acceptors (Lipinski definition) is 3. The molecule has 0 N–H and O–H groups in total. The number of rotatable bonds is 7. The molecule has 1 unspecified atom stereocenters. The van der Waals surface area contributed by atoms with Gasteiger partial charge in [0.05, 0.1) is 11.1 Å². The lowest BCUT2D eigenvalue weighted by molar-refractivity contribution is 0.452. The van der Waals surface area contributed by atoms with Crippen molar-refractivity contribution in [2.75, 3.05) is 0 Å². The van der Waals surface area contributed by atoms with Crippen molar-refractivity contribution in [2.45, 2.75) is 46.0 Å². The van der Waals surface area contributed by atoms with Gasteiger partial charge in [0.25, 0.3) is 0 Å². The summed E-state index contributed by atoms with van der Waals surface area (Å²) in [6, 6.07) is 12.7. The van der Waals surface area contributed by atoms with E-state index in [9.17, 15) is 0 Å². The molecule has 2 nitrogen and oxygen atoms in total. The van der Waals surface area contributed by atoms with Gasteiger partial charge < -0.3 is 8.83 Å². The first kappa shape index (κ1) is 16.5. The summed E-state index contributed by atoms with van der Waals surface area (Å²) in [6.45, 7) is 4.58. The molecule has 3 heterocycles. The van der Waals surface area contributed by atoms with Crippen LogP contribution in [-0.2, 0) is 6.42 Å². The molecule has 0 radical (unpaired) electrons. The quantitative estimate of drug-likeness (QED) is 0.341. The van der Waals surface area contributed by atoms with Crippen molar-refractivity contribution in [3.05, 3.63) is 47.5 Å². The Bertz CT molecular complexity index is 924. The Morgan fingerprint density at radius 3 is 2.72 bits per heavy atom. The summed E-state index contributed by atoms with van der Waals surface area (Å²) < 4.78 is 11.6. The van der Waals surface area contributed by atoms with Gasteiger partial charge in [-0.3, -0.25) is 0 Å². The average molecular weight is 352 g/mol. The smallest absolute Gasteiger partial charge is 0.145 e. The van der Waals surface area contributed by atoms with Crippen molar-refractivity contribution in [1.29, 1.82) is 0 Å². The lowest BCUT2D eigenvalue weighted by atomic mass is 9.95. The minimum atomic E-state index is 0.800. The second-order valence-corrected chi connectivity index (χ2v) is 8.01. The molecule has 4 rings (SSSR count). The molecular weight excluding hydrogens is 328 g/mol. The molecule has 1 aromatic carbocycles. The second kappa shape index (κ2) is 7.09. The summed E-state index contributed by atoms with van der Waals surface area (Å²) in [5.74, 6) is 1.76. The van der Waals surface area contributed by atoms with Crippen LogP contribution in [0.1, 0.15) is 44.4 Å². The van der Waals surface area contributed by atoms with Gasteiger partial charge in [0.1, 0.15) is 16.9 Å². The Morgan fingerprint density at radius 2 is 1.88 bits per heavy atom. The third-order valence-corrected chi connectivity index (χ3v) is 6.15. The van der Waals surface area contributed by atoms with Crippen LogP contribution in [0.5, 0.6) is 0 Å². The van der Waals surface area contributed by atoms with Crippen LogP contribution in [0.2, 0.25) is 0 Å². The predicted molar refractivity (Wildman–Crippen MR) is 106 cm³/mol. The predicted octanol–water partition coefficient (Wildman–Crippen LogP) is 7.67. The number of hydrogen-bond donors (Lipinski definition) is 0. The maximum atomic E-state index is 6.11. The van der Waals surface area contributed by atoms with Gasteiger partial charge in [0.2, 0.25) is 0 Å². The SMILES string of the molecule is CCCCC(CC)Cc1ccc(-c2cc3cc4occc4cc3o2)s1. The Labute approximate surface area is 152 Å². The largest absolute Gasteiger partial charge is 0.464 e. The topological polar surface area (TPSA) is 26.3 Å². The molecule has 3 aromatic heterocycles. The van der Waals surface area contributed by atoms with E-state index in [-0.39, 0.29) is 0 Å². The summed E-state index contributed by atoms with van der Waals surface area (Å²) in [5, 5.41) is 2.18. The van der Waals surface area contributed by atoms with Crippen LogP contribution < -0.4 is 0 Å². The molecule has 0 bridgehead atoms. The number of furan rings is 2. The fourth-order valence-corrected chi connectivity index (χ4v) is 4.54. The van der Waals surface area contributed by atoms with Gasteiger partial charge in [-0.05, 0) is 48.7 Å². The number of benzene rings is 1. The maximum Gasteiger partial charge on any atom is 0.145 e. The summed E-state index contributed by atoms with van der Waals surface area (Å²) in [6.07, 6.45) is 8.13. The van der Waals surface area contributed by atoms with E-state index in [1.807, 2.05) is 17.4 Å². The van der Waals surface area contributed by atoms with Crippen LogP contribution >= 0.6 is 11.3 Å². The zero-order valence-corrected chi connectivity index (χ0v) is 15.7. The second-order valence-electron chi connectivity index (χ2n) is 6.85. The molecule has 0 fully saturated rings. The lowest BCUT2D eigenvalue weighted by Crippen LogP contribution is -2.01. The fourth-order valence-electron chi connectivity index (χ4n) is 3.46. The van der Waals surface area contributed by atoms with Gasteiger partial charge in [0.15, 0.2) is 0 Å². The summed E-state index contributed by atoms with van der Waals surface area (Å²) in [5.41, 5.74) is 1.83. The zero-order valence-electron chi connectivity index (χ0n) is 14.9. The van der Waals surface area contributed by atoms with E-state index >= 15 is 0 Å². The van der Waals surface area contributed by atoms with Crippen molar-refractivity contribution in [2.24, 2.45) is 5.92 Å². The molecule has 0 spiro atoms. The van der Waals surface area contributed by atoms with Crippen LogP contribution in [0, 0.1) is 5.92 Å². The Hall–Kier alpha value is -2.00. The molecule has 0 aliphatic heterocycles. The summed E-state index contributed by atoms with van der Waals surface area (Å²) in [7, 11) is 0. The molecule has 3 heteroatoms. The standard InChI is InChI=1S/C22H24O2S/c1-3-5-6-15(4-2)11-18-7-8-22(25-18)21-14-17-13-19-16(9-10-23-19)12-20(17)24-21/h7-10,12-15H,3-6,11H2,1-2H3. The lowest BCUT2D eigenvalue weighted by Gasteiger charge is -2.12. The van der Waals surface area contributed by atoms with Crippen molar-refractivity contribution < 1.29 is 8.83 Å². The highest BCUT2D eigenvalue weighted by Crippen LogP contribution is 2.35. The summed E-state index contributed by atoms with van der Waals surface area (Å²) in [4.78, 5) is 2.68. The molecule has 0 amide bonds. The third kappa shape index (κ3) is 3.38. The van der Waals surface area contributed by atoms with Crippen LogP contribution in [0.3, 0.4) is 0 Å². The normalized spacial score (nSPS) is 13.0. The van der Waals surface area contributed by atoms with E-state index in [0.29, 0.717) is 0 Å². The van der Waals surface area contributed by atoms with Crippen LogP contribution in [0.4, 0.5) is 0 Å². The van der Waals surface area contributed by atoms with Gasteiger partial charge in [-0.15, -0.1) is 11.3 Å². The van der Waals surface area contributed by atoms with Gasteiger partial charge in [0, 0.05) is 15.6 Å². The number of thiophene rings is 1. The molecular formula is C22H24O2S. The van der Waals surface area contributed by atoms with Gasteiger partial charge in [-0.2, -0.15) is 0 Å². The van der Waals surface area contributed by atoms with Gasteiger partial charge >= 0.3 is 0 Å². The molecule has 1 atom stereocenters. The van der Waals surface area contributed by atoms with E-state index in [0.717, 1.165) is 33.6 Å². The number of fused-ring (bicyclic) bond motifs is 2. The Morgan fingerprint density at radius 1 is 1.00 bits per heavy atom. The van der Waals surface area contributed by atoms with Crippen LogP contribution in [0.15, 0.2) is 51.5 Å². The monoisotopic (exact) mass is 352 g/mol. The van der Waals surface area contributed by atoms with Crippen molar-refractivity contribution in [3.8, 4) is 10.6 Å². The van der Waals surface area contributed by atoms with Crippen LogP contribution in [0.25, 0.3) is 32.6 Å². The van der Waals surface area contributed by atoms with E-state index in [1.165, 1.54) is 41.9 Å². The molecule has 0 aliphatic carbocycles. The van der Waals surface area contributed by atoms with Crippen molar-refractivity contribution >= 4 is 33.3 Å². The fraction of sp³-hybridized carbons (Fsp3) is 0.364. The first-order valence-electron chi connectivity index (χ1n) is 9.26. The molecule has 4 aromatic rings. The molecule has 130 valence electrons. The van der Waals surface area contributed by atoms with E-state index < -0.39 is 0 Å². The molecule has 0 aliphatic rings. The maximum absolute atomic E-state index is 6.11. The first-order chi connectivity index (χ1) is 12.3. The van der Waals surface area contributed by atoms with Crippen molar-refractivity contribution in [3.63, 3.8) is 0 Å². The van der Waals surface area contributed by atoms with E-state index in [4.69, 9.17) is 8.83 Å². The van der Waals surface area contributed by atoms with Gasteiger partial charge in [-0.25, -0.2) is 0 Å². The average Bonchev–Trinajstić information content (AvgIpc) is 3.34. The van der Waals surface area contributed by atoms with Crippen molar-refractivity contribution in [1.82, 2.24) is 0 Å². The highest BCUT2D eigenvalue weighted by Gasteiger charge is 2.13. The van der Waals surface area contributed by atoms with E-state index in [2.05, 4.69) is 44.2 Å². The molecule has 0 saturated carbocycles. The summed E-state index contributed by atoms with van der Waals surface area (Å²) >= 11 is 1.87. The highest BCUT2D eigenvalue weighted by molar-refractivity contribution is 7.15. The third-order valence-electron chi connectivity index (χ3n) is 5.03. The zero-order chi connectivity index (χ0) is 17.2. The minimum Gasteiger partial charge on any atom is -0.464 e. The minimum absolute atomic E-state index is 0.800. The first-order valence-corrected chi connectivity index (χ1v) is 10.1. The Balaban J connectivity index is 1.57. The molecule has 0 saturated heterocycles. The molecule has 25 heavy (non-hydrogen) atoms. The van der Waals surface area contributed by atoms with Gasteiger partial charge in [-0.1, -0.05) is 39.5 Å². The van der Waals surface area contributed by atoms with E-state index in [1.54, 1.807) is 6.26 Å². The number of unbranched alkanes of at least 4 members (excludes halogenated alkanes) is 1. The highest BCUT2D eigenvalue weighted by atomic mass is 32.1. The Kier molecular flexibility index (Phi) is 4.67.